The van der Waals surface area contributed by atoms with Crippen molar-refractivity contribution in [3.63, 3.8) is 0 Å². The number of ether oxygens (including phenoxy) is 1. The van der Waals surface area contributed by atoms with E-state index in [-0.39, 0.29) is 12.0 Å². The molecule has 0 amide bonds. The average molecular weight is 253 g/mol. The van der Waals surface area contributed by atoms with Crippen LogP contribution in [0.4, 0.5) is 0 Å². The van der Waals surface area contributed by atoms with Crippen LogP contribution in [0, 0.1) is 17.8 Å². The van der Waals surface area contributed by atoms with E-state index in [1.807, 2.05) is 13.8 Å². The maximum atomic E-state index is 11.8. The van der Waals surface area contributed by atoms with Crippen molar-refractivity contribution < 1.29 is 9.53 Å². The zero-order valence-corrected chi connectivity index (χ0v) is 11.9. The van der Waals surface area contributed by atoms with Crippen LogP contribution < -0.4 is 5.32 Å². The van der Waals surface area contributed by atoms with Crippen molar-refractivity contribution in [2.75, 3.05) is 6.61 Å². The SMILES string of the molecule is CCOC(=O)C(CC)NC(C)C1CC2CCC1C2. The molecule has 0 aromatic rings. The zero-order chi connectivity index (χ0) is 13.1. The van der Waals surface area contributed by atoms with Gasteiger partial charge in [-0.3, -0.25) is 4.79 Å². The molecule has 5 atom stereocenters. The largest absolute Gasteiger partial charge is 0.465 e. The number of fused-ring (bicyclic) bond motifs is 2. The van der Waals surface area contributed by atoms with Gasteiger partial charge in [0.2, 0.25) is 0 Å². The maximum Gasteiger partial charge on any atom is 0.323 e. The highest BCUT2D eigenvalue weighted by molar-refractivity contribution is 5.75. The Morgan fingerprint density at radius 2 is 2.11 bits per heavy atom. The van der Waals surface area contributed by atoms with Gasteiger partial charge in [-0.05, 0) is 57.3 Å². The molecule has 2 aliphatic rings. The predicted octanol–water partition coefficient (Wildman–Crippen LogP) is 2.74. The first kappa shape index (κ1) is 13.9. The first-order valence-corrected chi connectivity index (χ1v) is 7.58. The summed E-state index contributed by atoms with van der Waals surface area (Å²) in [6.07, 6.45) is 6.43. The van der Waals surface area contributed by atoms with Crippen molar-refractivity contribution >= 4 is 5.97 Å². The van der Waals surface area contributed by atoms with Crippen LogP contribution in [0.25, 0.3) is 0 Å². The Labute approximate surface area is 111 Å². The molecule has 0 aliphatic heterocycles. The summed E-state index contributed by atoms with van der Waals surface area (Å²) in [5.74, 6) is 2.55. The number of nitrogens with one attached hydrogen (secondary N) is 1. The second-order valence-electron chi connectivity index (χ2n) is 6.01. The molecule has 3 nitrogen and oxygen atoms in total. The molecule has 0 aromatic carbocycles. The molecule has 3 heteroatoms. The molecule has 0 spiro atoms. The van der Waals surface area contributed by atoms with E-state index in [1.165, 1.54) is 25.7 Å². The molecule has 0 saturated heterocycles. The van der Waals surface area contributed by atoms with E-state index >= 15 is 0 Å². The van der Waals surface area contributed by atoms with E-state index < -0.39 is 0 Å². The van der Waals surface area contributed by atoms with Crippen molar-refractivity contribution in [3.8, 4) is 0 Å². The normalized spacial score (nSPS) is 33.4. The Bertz CT molecular complexity index is 292. The lowest BCUT2D eigenvalue weighted by Gasteiger charge is -2.31. The topological polar surface area (TPSA) is 38.3 Å². The van der Waals surface area contributed by atoms with Crippen LogP contribution in [0.5, 0.6) is 0 Å². The Morgan fingerprint density at radius 1 is 1.33 bits per heavy atom. The third-order valence-corrected chi connectivity index (χ3v) is 4.88. The lowest BCUT2D eigenvalue weighted by molar-refractivity contribution is -0.146. The molecule has 2 rings (SSSR count). The third-order valence-electron chi connectivity index (χ3n) is 4.88. The third kappa shape index (κ3) is 2.87. The Kier molecular flexibility index (Phi) is 4.66. The van der Waals surface area contributed by atoms with E-state index in [0.717, 1.165) is 24.2 Å². The summed E-state index contributed by atoms with van der Waals surface area (Å²) in [5, 5.41) is 3.50. The molecule has 18 heavy (non-hydrogen) atoms. The summed E-state index contributed by atoms with van der Waals surface area (Å²) in [4.78, 5) is 11.8. The van der Waals surface area contributed by atoms with Gasteiger partial charge < -0.3 is 10.1 Å². The first-order chi connectivity index (χ1) is 8.65. The average Bonchev–Trinajstić information content (AvgIpc) is 2.97. The van der Waals surface area contributed by atoms with Crippen LogP contribution in [0.15, 0.2) is 0 Å². The number of hydrogen-bond donors (Lipinski definition) is 1. The van der Waals surface area contributed by atoms with Crippen LogP contribution >= 0.6 is 0 Å². The Hall–Kier alpha value is -0.570. The highest BCUT2D eigenvalue weighted by atomic mass is 16.5. The van der Waals surface area contributed by atoms with Crippen LogP contribution in [0.2, 0.25) is 0 Å². The summed E-state index contributed by atoms with van der Waals surface area (Å²) in [6, 6.07) is 0.314. The number of carbonyl (C=O) groups is 1. The van der Waals surface area contributed by atoms with Crippen molar-refractivity contribution in [3.05, 3.63) is 0 Å². The molecule has 0 heterocycles. The molecule has 2 bridgehead atoms. The van der Waals surface area contributed by atoms with Gasteiger partial charge in [-0.1, -0.05) is 13.3 Å². The van der Waals surface area contributed by atoms with Crippen molar-refractivity contribution in [1.29, 1.82) is 0 Å². The van der Waals surface area contributed by atoms with Gasteiger partial charge in [-0.2, -0.15) is 0 Å². The quantitative estimate of drug-likeness (QED) is 0.740. The van der Waals surface area contributed by atoms with E-state index in [0.29, 0.717) is 12.6 Å². The monoisotopic (exact) mass is 253 g/mol. The molecular weight excluding hydrogens is 226 g/mol. The fourth-order valence-electron chi connectivity index (χ4n) is 3.94. The predicted molar refractivity (Wildman–Crippen MR) is 72.2 cm³/mol. The summed E-state index contributed by atoms with van der Waals surface area (Å²) < 4.78 is 5.12. The lowest BCUT2D eigenvalue weighted by Crippen LogP contribution is -2.46. The molecule has 2 fully saturated rings. The number of hydrogen-bond acceptors (Lipinski definition) is 3. The summed E-state index contributed by atoms with van der Waals surface area (Å²) in [6.45, 7) is 6.62. The standard InChI is InChI=1S/C15H27NO2/c1-4-14(15(17)18-5-2)16-10(3)13-9-11-6-7-12(13)8-11/h10-14,16H,4-9H2,1-3H3. The van der Waals surface area contributed by atoms with Crippen LogP contribution in [-0.2, 0) is 9.53 Å². The smallest absolute Gasteiger partial charge is 0.323 e. The van der Waals surface area contributed by atoms with Crippen LogP contribution in [0.3, 0.4) is 0 Å². The van der Waals surface area contributed by atoms with Gasteiger partial charge in [0.05, 0.1) is 6.61 Å². The minimum absolute atomic E-state index is 0.0880. The summed E-state index contributed by atoms with van der Waals surface area (Å²) >= 11 is 0. The second-order valence-corrected chi connectivity index (χ2v) is 6.01. The van der Waals surface area contributed by atoms with Crippen molar-refractivity contribution in [2.45, 2.75) is 65.0 Å². The lowest BCUT2D eigenvalue weighted by atomic mass is 9.83. The van der Waals surface area contributed by atoms with E-state index in [1.54, 1.807) is 0 Å². The Morgan fingerprint density at radius 3 is 2.61 bits per heavy atom. The second kappa shape index (κ2) is 6.05. The fraction of sp³-hybridized carbons (Fsp3) is 0.933. The van der Waals surface area contributed by atoms with Crippen molar-refractivity contribution in [1.82, 2.24) is 5.32 Å². The molecule has 104 valence electrons. The molecule has 1 N–H and O–H groups in total. The molecule has 5 unspecified atom stereocenters. The van der Waals surface area contributed by atoms with E-state index in [4.69, 9.17) is 4.74 Å². The van der Waals surface area contributed by atoms with Gasteiger partial charge in [0, 0.05) is 6.04 Å². The zero-order valence-electron chi connectivity index (χ0n) is 11.9. The fourth-order valence-corrected chi connectivity index (χ4v) is 3.94. The minimum Gasteiger partial charge on any atom is -0.465 e. The van der Waals surface area contributed by atoms with Gasteiger partial charge >= 0.3 is 5.97 Å². The molecule has 0 radical (unpaired) electrons. The number of carbonyl (C=O) groups excluding carboxylic acids is 1. The molecule has 2 saturated carbocycles. The van der Waals surface area contributed by atoms with Gasteiger partial charge in [-0.25, -0.2) is 0 Å². The number of rotatable bonds is 6. The first-order valence-electron chi connectivity index (χ1n) is 7.58. The van der Waals surface area contributed by atoms with Crippen molar-refractivity contribution in [2.24, 2.45) is 17.8 Å². The highest BCUT2D eigenvalue weighted by Crippen LogP contribution is 2.49. The van der Waals surface area contributed by atoms with Crippen LogP contribution in [-0.4, -0.2) is 24.7 Å². The van der Waals surface area contributed by atoms with E-state index in [2.05, 4.69) is 12.2 Å². The minimum atomic E-state index is -0.126. The van der Waals surface area contributed by atoms with Gasteiger partial charge in [0.15, 0.2) is 0 Å². The molecular formula is C15H27NO2. The van der Waals surface area contributed by atoms with Gasteiger partial charge in [0.1, 0.15) is 6.04 Å². The molecule has 2 aliphatic carbocycles. The van der Waals surface area contributed by atoms with Gasteiger partial charge in [-0.15, -0.1) is 0 Å². The Balaban J connectivity index is 1.85. The summed E-state index contributed by atoms with van der Waals surface area (Å²) in [7, 11) is 0. The maximum absolute atomic E-state index is 11.8. The number of esters is 1. The van der Waals surface area contributed by atoms with Gasteiger partial charge in [0.25, 0.3) is 0 Å². The van der Waals surface area contributed by atoms with Crippen LogP contribution in [0.1, 0.15) is 52.9 Å². The molecule has 0 aromatic heterocycles. The summed E-state index contributed by atoms with van der Waals surface area (Å²) in [5.41, 5.74) is 0. The van der Waals surface area contributed by atoms with E-state index in [9.17, 15) is 4.79 Å². The highest BCUT2D eigenvalue weighted by Gasteiger charge is 2.42.